The average Bonchev–Trinajstić information content (AvgIpc) is 2.71. The maximum absolute atomic E-state index is 4.80. The van der Waals surface area contributed by atoms with Crippen LogP contribution < -0.4 is 5.32 Å². The minimum atomic E-state index is 0.102. The van der Waals surface area contributed by atoms with Gasteiger partial charge in [0.05, 0.1) is 5.54 Å². The minimum absolute atomic E-state index is 0.102. The van der Waals surface area contributed by atoms with E-state index in [9.17, 15) is 0 Å². The lowest BCUT2D eigenvalue weighted by Crippen LogP contribution is -2.54. The van der Waals surface area contributed by atoms with Gasteiger partial charge in [-0.15, -0.1) is 11.3 Å². The van der Waals surface area contributed by atoms with Crippen molar-refractivity contribution in [2.75, 3.05) is 0 Å². The molecule has 1 aliphatic carbocycles. The van der Waals surface area contributed by atoms with Gasteiger partial charge in [-0.1, -0.05) is 26.7 Å². The Morgan fingerprint density at radius 3 is 2.72 bits per heavy atom. The molecule has 0 spiro atoms. The average molecular weight is 266 g/mol. The van der Waals surface area contributed by atoms with Crippen LogP contribution >= 0.6 is 11.3 Å². The molecule has 3 atom stereocenters. The number of aryl methyl sites for hydroxylation is 1. The topological polar surface area (TPSA) is 24.9 Å². The fourth-order valence-electron chi connectivity index (χ4n) is 3.31. The molecule has 1 aliphatic rings. The summed E-state index contributed by atoms with van der Waals surface area (Å²) in [6.45, 7) is 11.4. The van der Waals surface area contributed by atoms with Gasteiger partial charge in [-0.3, -0.25) is 0 Å². The Labute approximate surface area is 115 Å². The van der Waals surface area contributed by atoms with Crippen molar-refractivity contribution in [1.29, 1.82) is 0 Å². The molecule has 0 aromatic carbocycles. The fraction of sp³-hybridized carbons (Fsp3) is 0.800. The van der Waals surface area contributed by atoms with E-state index in [1.165, 1.54) is 24.3 Å². The van der Waals surface area contributed by atoms with Crippen LogP contribution in [0, 0.1) is 18.8 Å². The molecule has 1 heterocycles. The van der Waals surface area contributed by atoms with Crippen LogP contribution in [-0.4, -0.2) is 11.0 Å². The molecule has 0 aliphatic heterocycles. The second-order valence-electron chi connectivity index (χ2n) is 6.22. The van der Waals surface area contributed by atoms with Crippen LogP contribution in [0.5, 0.6) is 0 Å². The van der Waals surface area contributed by atoms with Crippen LogP contribution in [0.2, 0.25) is 0 Å². The predicted octanol–water partition coefficient (Wildman–Crippen LogP) is 4.10. The minimum Gasteiger partial charge on any atom is -0.303 e. The number of hydrogen-bond acceptors (Lipinski definition) is 3. The Kier molecular flexibility index (Phi) is 4.12. The summed E-state index contributed by atoms with van der Waals surface area (Å²) in [4.78, 5) is 4.80. The number of rotatable bonds is 3. The molecule has 3 heteroatoms. The van der Waals surface area contributed by atoms with Gasteiger partial charge in [-0.25, -0.2) is 4.98 Å². The van der Waals surface area contributed by atoms with E-state index in [0.717, 1.165) is 11.6 Å². The lowest BCUT2D eigenvalue weighted by Gasteiger charge is -2.46. The highest BCUT2D eigenvalue weighted by molar-refractivity contribution is 7.09. The second-order valence-corrected chi connectivity index (χ2v) is 7.08. The van der Waals surface area contributed by atoms with Crippen LogP contribution in [0.4, 0.5) is 0 Å². The molecule has 0 saturated heterocycles. The molecular weight excluding hydrogens is 240 g/mol. The summed E-state index contributed by atoms with van der Waals surface area (Å²) in [6.07, 6.45) is 3.89. The van der Waals surface area contributed by atoms with Crippen LogP contribution in [-0.2, 0) is 5.54 Å². The maximum atomic E-state index is 4.80. The van der Waals surface area contributed by atoms with Gasteiger partial charge in [0, 0.05) is 17.1 Å². The molecule has 1 saturated carbocycles. The molecule has 0 bridgehead atoms. The third-order valence-electron chi connectivity index (χ3n) is 4.41. The molecular formula is C15H26N2S. The summed E-state index contributed by atoms with van der Waals surface area (Å²) < 4.78 is 0. The first kappa shape index (κ1) is 14.0. The Bertz CT molecular complexity index is 399. The summed E-state index contributed by atoms with van der Waals surface area (Å²) in [7, 11) is 0. The van der Waals surface area contributed by atoms with Gasteiger partial charge in [0.25, 0.3) is 0 Å². The third kappa shape index (κ3) is 2.48. The largest absolute Gasteiger partial charge is 0.303 e. The normalized spacial score (nSPS) is 33.0. The van der Waals surface area contributed by atoms with E-state index in [0.29, 0.717) is 12.0 Å². The summed E-state index contributed by atoms with van der Waals surface area (Å²) in [5, 5.41) is 7.34. The highest BCUT2D eigenvalue weighted by atomic mass is 32.1. The SMILES string of the molecule is Cc1csc(C2(NC(C)C)CCCC(C)C2C)n1. The summed E-state index contributed by atoms with van der Waals surface area (Å²) in [5.74, 6) is 1.42. The smallest absolute Gasteiger partial charge is 0.113 e. The molecule has 102 valence electrons. The number of hydrogen-bond donors (Lipinski definition) is 1. The van der Waals surface area contributed by atoms with Crippen molar-refractivity contribution >= 4 is 11.3 Å². The quantitative estimate of drug-likeness (QED) is 0.891. The van der Waals surface area contributed by atoms with E-state index in [1.54, 1.807) is 0 Å². The monoisotopic (exact) mass is 266 g/mol. The lowest BCUT2D eigenvalue weighted by atomic mass is 9.68. The Balaban J connectivity index is 2.39. The predicted molar refractivity (Wildman–Crippen MR) is 79.0 cm³/mol. The van der Waals surface area contributed by atoms with Gasteiger partial charge in [0.1, 0.15) is 5.01 Å². The first-order valence-corrected chi connectivity index (χ1v) is 8.04. The molecule has 2 rings (SSSR count). The molecule has 1 aromatic heterocycles. The van der Waals surface area contributed by atoms with Crippen molar-refractivity contribution in [2.45, 2.75) is 65.5 Å². The van der Waals surface area contributed by atoms with Crippen LogP contribution in [0.15, 0.2) is 5.38 Å². The Hall–Kier alpha value is -0.410. The van der Waals surface area contributed by atoms with Crippen molar-refractivity contribution in [1.82, 2.24) is 10.3 Å². The van der Waals surface area contributed by atoms with Gasteiger partial charge in [0.15, 0.2) is 0 Å². The van der Waals surface area contributed by atoms with Gasteiger partial charge < -0.3 is 5.32 Å². The second kappa shape index (κ2) is 5.30. The number of thiazole rings is 1. The van der Waals surface area contributed by atoms with E-state index in [4.69, 9.17) is 4.98 Å². The van der Waals surface area contributed by atoms with Gasteiger partial charge in [-0.05, 0) is 39.0 Å². The van der Waals surface area contributed by atoms with Crippen molar-refractivity contribution in [3.63, 3.8) is 0 Å². The van der Waals surface area contributed by atoms with E-state index < -0.39 is 0 Å². The standard InChI is InChI=1S/C15H26N2S/c1-10(2)17-15(14-16-12(4)9-18-14)8-6-7-11(3)13(15)5/h9-11,13,17H,6-8H2,1-5H3. The van der Waals surface area contributed by atoms with Crippen molar-refractivity contribution in [3.05, 3.63) is 16.1 Å². The van der Waals surface area contributed by atoms with Crippen molar-refractivity contribution in [2.24, 2.45) is 11.8 Å². The summed E-state index contributed by atoms with van der Waals surface area (Å²) >= 11 is 1.83. The molecule has 1 N–H and O–H groups in total. The Morgan fingerprint density at radius 1 is 1.44 bits per heavy atom. The molecule has 18 heavy (non-hydrogen) atoms. The number of nitrogens with zero attached hydrogens (tertiary/aromatic N) is 1. The van der Waals surface area contributed by atoms with Gasteiger partial charge in [-0.2, -0.15) is 0 Å². The van der Waals surface area contributed by atoms with E-state index in [2.05, 4.69) is 45.3 Å². The first-order valence-electron chi connectivity index (χ1n) is 7.16. The van der Waals surface area contributed by atoms with Gasteiger partial charge >= 0.3 is 0 Å². The van der Waals surface area contributed by atoms with Crippen LogP contribution in [0.1, 0.15) is 57.7 Å². The van der Waals surface area contributed by atoms with Crippen LogP contribution in [0.3, 0.4) is 0 Å². The summed E-state index contributed by atoms with van der Waals surface area (Å²) in [5.41, 5.74) is 1.26. The lowest BCUT2D eigenvalue weighted by molar-refractivity contribution is 0.0943. The van der Waals surface area contributed by atoms with Crippen LogP contribution in [0.25, 0.3) is 0 Å². The maximum Gasteiger partial charge on any atom is 0.113 e. The molecule has 3 unspecified atom stereocenters. The molecule has 0 radical (unpaired) electrons. The highest BCUT2D eigenvalue weighted by Gasteiger charge is 2.45. The van der Waals surface area contributed by atoms with E-state index in [-0.39, 0.29) is 5.54 Å². The third-order valence-corrected chi connectivity index (χ3v) is 5.55. The zero-order valence-electron chi connectivity index (χ0n) is 12.3. The van der Waals surface area contributed by atoms with Crippen molar-refractivity contribution in [3.8, 4) is 0 Å². The molecule has 2 nitrogen and oxygen atoms in total. The summed E-state index contributed by atoms with van der Waals surface area (Å²) in [6, 6.07) is 0.502. The number of nitrogens with one attached hydrogen (secondary N) is 1. The number of aromatic nitrogens is 1. The van der Waals surface area contributed by atoms with E-state index >= 15 is 0 Å². The zero-order valence-corrected chi connectivity index (χ0v) is 13.1. The first-order chi connectivity index (χ1) is 8.45. The Morgan fingerprint density at radius 2 is 2.17 bits per heavy atom. The fourth-order valence-corrected chi connectivity index (χ4v) is 4.40. The molecule has 0 amide bonds. The van der Waals surface area contributed by atoms with E-state index in [1.807, 2.05) is 11.3 Å². The molecule has 1 aromatic rings. The van der Waals surface area contributed by atoms with Gasteiger partial charge in [0.2, 0.25) is 0 Å². The highest BCUT2D eigenvalue weighted by Crippen LogP contribution is 2.45. The zero-order chi connectivity index (χ0) is 13.3. The van der Waals surface area contributed by atoms with Crippen molar-refractivity contribution < 1.29 is 0 Å². The molecule has 1 fully saturated rings.